The summed E-state index contributed by atoms with van der Waals surface area (Å²) in [5.74, 6) is 0.313. The molecule has 0 atom stereocenters. The second-order valence-electron chi connectivity index (χ2n) is 6.26. The summed E-state index contributed by atoms with van der Waals surface area (Å²) in [6.45, 7) is 0. The third kappa shape index (κ3) is 2.23. The zero-order chi connectivity index (χ0) is 15.1. The van der Waals surface area contributed by atoms with Crippen LogP contribution >= 0.6 is 0 Å². The highest BCUT2D eigenvalue weighted by atomic mass is 16.5. The molecule has 1 saturated carbocycles. The number of benzene rings is 1. The van der Waals surface area contributed by atoms with Gasteiger partial charge in [0.25, 0.3) is 0 Å². The molecule has 1 aromatic carbocycles. The van der Waals surface area contributed by atoms with Gasteiger partial charge in [0.15, 0.2) is 0 Å². The van der Waals surface area contributed by atoms with Gasteiger partial charge in [0.1, 0.15) is 11.3 Å². The molecule has 1 heterocycles. The van der Waals surface area contributed by atoms with E-state index < -0.39 is 0 Å². The van der Waals surface area contributed by atoms with Crippen molar-refractivity contribution in [3.63, 3.8) is 0 Å². The van der Waals surface area contributed by atoms with Crippen molar-refractivity contribution >= 4 is 16.9 Å². The third-order valence-electron chi connectivity index (χ3n) is 4.85. The molecule has 0 aliphatic heterocycles. The first-order valence-corrected chi connectivity index (χ1v) is 8.03. The van der Waals surface area contributed by atoms with E-state index in [1.165, 1.54) is 0 Å². The summed E-state index contributed by atoms with van der Waals surface area (Å²) in [4.78, 5) is 24.1. The lowest BCUT2D eigenvalue weighted by Gasteiger charge is -2.10. The smallest absolute Gasteiger partial charge is 0.339 e. The van der Waals surface area contributed by atoms with Crippen molar-refractivity contribution < 1.29 is 13.9 Å². The number of aryl methyl sites for hydroxylation is 1. The maximum Gasteiger partial charge on any atom is 0.339 e. The maximum absolute atomic E-state index is 12.1. The molecule has 22 heavy (non-hydrogen) atoms. The number of carbonyl (C=O) groups excluding carboxylic acids is 1. The van der Waals surface area contributed by atoms with Crippen LogP contribution in [0.1, 0.15) is 43.2 Å². The van der Waals surface area contributed by atoms with E-state index in [9.17, 15) is 9.59 Å². The molecule has 0 spiro atoms. The average Bonchev–Trinajstić information content (AvgIpc) is 3.19. The van der Waals surface area contributed by atoms with Crippen LogP contribution in [-0.4, -0.2) is 5.97 Å². The van der Waals surface area contributed by atoms with Gasteiger partial charge >= 0.3 is 11.6 Å². The van der Waals surface area contributed by atoms with Gasteiger partial charge in [-0.15, -0.1) is 0 Å². The summed E-state index contributed by atoms with van der Waals surface area (Å²) in [6.07, 6.45) is 6.73. The van der Waals surface area contributed by atoms with Crippen molar-refractivity contribution in [1.29, 1.82) is 0 Å². The van der Waals surface area contributed by atoms with Crippen molar-refractivity contribution in [1.82, 2.24) is 0 Å². The van der Waals surface area contributed by atoms with E-state index in [4.69, 9.17) is 9.15 Å². The Bertz CT molecular complexity index is 797. The fourth-order valence-electron chi connectivity index (χ4n) is 3.69. The molecule has 0 unspecified atom stereocenters. The fourth-order valence-corrected chi connectivity index (χ4v) is 3.69. The summed E-state index contributed by atoms with van der Waals surface area (Å²) in [7, 11) is 0. The van der Waals surface area contributed by atoms with Crippen LogP contribution in [0.5, 0.6) is 5.75 Å². The molecule has 0 N–H and O–H groups in total. The highest BCUT2D eigenvalue weighted by Crippen LogP contribution is 2.31. The van der Waals surface area contributed by atoms with Crippen LogP contribution in [0, 0.1) is 5.92 Å². The Morgan fingerprint density at radius 2 is 1.86 bits per heavy atom. The topological polar surface area (TPSA) is 56.5 Å². The first-order chi connectivity index (χ1) is 10.7. The van der Waals surface area contributed by atoms with Crippen molar-refractivity contribution in [2.45, 2.75) is 44.9 Å². The maximum atomic E-state index is 12.1. The molecule has 1 fully saturated rings. The first kappa shape index (κ1) is 13.6. The van der Waals surface area contributed by atoms with E-state index in [2.05, 4.69) is 0 Å². The Kier molecular flexibility index (Phi) is 3.25. The van der Waals surface area contributed by atoms with Crippen LogP contribution in [0.25, 0.3) is 11.0 Å². The quantitative estimate of drug-likeness (QED) is 0.484. The Hall–Kier alpha value is -2.10. The zero-order valence-electron chi connectivity index (χ0n) is 12.4. The first-order valence-electron chi connectivity index (χ1n) is 8.03. The van der Waals surface area contributed by atoms with Crippen LogP contribution < -0.4 is 10.4 Å². The van der Waals surface area contributed by atoms with Gasteiger partial charge in [0, 0.05) is 17.0 Å². The zero-order valence-corrected chi connectivity index (χ0v) is 12.4. The van der Waals surface area contributed by atoms with Gasteiger partial charge in [-0.25, -0.2) is 4.79 Å². The lowest BCUT2D eigenvalue weighted by atomic mass is 10.1. The molecule has 2 aliphatic rings. The molecule has 1 aromatic heterocycles. The van der Waals surface area contributed by atoms with E-state index in [1.54, 1.807) is 12.1 Å². The summed E-state index contributed by atoms with van der Waals surface area (Å²) >= 11 is 0. The number of esters is 1. The van der Waals surface area contributed by atoms with Gasteiger partial charge in [-0.3, -0.25) is 4.79 Å². The van der Waals surface area contributed by atoms with E-state index in [-0.39, 0.29) is 17.5 Å². The predicted molar refractivity (Wildman–Crippen MR) is 82.1 cm³/mol. The van der Waals surface area contributed by atoms with E-state index in [1.807, 2.05) is 6.07 Å². The molecule has 114 valence electrons. The molecule has 2 aromatic rings. The molecule has 0 bridgehead atoms. The van der Waals surface area contributed by atoms with Gasteiger partial charge in [-0.1, -0.05) is 12.8 Å². The second-order valence-corrected chi connectivity index (χ2v) is 6.26. The SMILES string of the molecule is O=C(Oc1ccc2c3c(c(=O)oc2c1)CCC3)C1CCCC1. The lowest BCUT2D eigenvalue weighted by Crippen LogP contribution is -2.17. The highest BCUT2D eigenvalue weighted by Gasteiger charge is 2.25. The number of hydrogen-bond acceptors (Lipinski definition) is 4. The van der Waals surface area contributed by atoms with Crippen molar-refractivity contribution in [2.24, 2.45) is 5.92 Å². The predicted octanol–water partition coefficient (Wildman–Crippen LogP) is 3.38. The normalized spacial score (nSPS) is 17.8. The standard InChI is InChI=1S/C18H18O4/c19-17(11-4-1-2-5-11)21-12-8-9-14-13-6-3-7-15(13)18(20)22-16(14)10-12/h8-11H,1-7H2. The Morgan fingerprint density at radius 3 is 2.68 bits per heavy atom. The number of ether oxygens (including phenoxy) is 1. The molecule has 0 saturated heterocycles. The third-order valence-corrected chi connectivity index (χ3v) is 4.85. The van der Waals surface area contributed by atoms with Crippen LogP contribution in [0.15, 0.2) is 27.4 Å². The Morgan fingerprint density at radius 1 is 1.09 bits per heavy atom. The van der Waals surface area contributed by atoms with Crippen molar-refractivity contribution in [3.05, 3.63) is 39.7 Å². The fraction of sp³-hybridized carbons (Fsp3) is 0.444. The van der Waals surface area contributed by atoms with Crippen LogP contribution in [0.2, 0.25) is 0 Å². The minimum absolute atomic E-state index is 0.0164. The number of fused-ring (bicyclic) bond motifs is 3. The highest BCUT2D eigenvalue weighted by molar-refractivity contribution is 5.84. The molecule has 0 amide bonds. The van der Waals surface area contributed by atoms with Gasteiger partial charge in [-0.2, -0.15) is 0 Å². The van der Waals surface area contributed by atoms with E-state index in [0.717, 1.165) is 61.5 Å². The van der Waals surface area contributed by atoms with Crippen molar-refractivity contribution in [3.8, 4) is 5.75 Å². The Balaban J connectivity index is 1.68. The molecule has 0 radical (unpaired) electrons. The molecule has 4 nitrogen and oxygen atoms in total. The van der Waals surface area contributed by atoms with E-state index >= 15 is 0 Å². The summed E-state index contributed by atoms with van der Waals surface area (Å²) in [5, 5.41) is 0.966. The lowest BCUT2D eigenvalue weighted by molar-refractivity contribution is -0.138. The number of rotatable bonds is 2. The van der Waals surface area contributed by atoms with Crippen LogP contribution in [0.3, 0.4) is 0 Å². The molecule has 4 heteroatoms. The second kappa shape index (κ2) is 5.27. The van der Waals surface area contributed by atoms with Gasteiger partial charge in [0.05, 0.1) is 5.92 Å². The molecule has 4 rings (SSSR count). The largest absolute Gasteiger partial charge is 0.426 e. The number of carbonyl (C=O) groups is 1. The molecular formula is C18H18O4. The van der Waals surface area contributed by atoms with Crippen LogP contribution in [0.4, 0.5) is 0 Å². The van der Waals surface area contributed by atoms with Gasteiger partial charge in [0.2, 0.25) is 0 Å². The van der Waals surface area contributed by atoms with E-state index in [0.29, 0.717) is 11.3 Å². The van der Waals surface area contributed by atoms with Crippen molar-refractivity contribution in [2.75, 3.05) is 0 Å². The van der Waals surface area contributed by atoms with Gasteiger partial charge < -0.3 is 9.15 Å². The van der Waals surface area contributed by atoms with Crippen LogP contribution in [-0.2, 0) is 17.6 Å². The summed E-state index contributed by atoms with van der Waals surface area (Å²) in [6, 6.07) is 5.37. The number of hydrogen-bond donors (Lipinski definition) is 0. The molecule has 2 aliphatic carbocycles. The Labute approximate surface area is 128 Å². The monoisotopic (exact) mass is 298 g/mol. The molecular weight excluding hydrogens is 280 g/mol. The average molecular weight is 298 g/mol. The summed E-state index contributed by atoms with van der Waals surface area (Å²) < 4.78 is 10.9. The minimum Gasteiger partial charge on any atom is -0.426 e. The van der Waals surface area contributed by atoms with Gasteiger partial charge in [-0.05, 0) is 49.8 Å². The summed E-state index contributed by atoms with van der Waals surface area (Å²) in [5.41, 5.74) is 2.17. The minimum atomic E-state index is -0.251.